The van der Waals surface area contributed by atoms with Crippen LogP contribution < -0.4 is 19.1 Å². The monoisotopic (exact) mass is 599 g/mol. The zero-order valence-corrected chi connectivity index (χ0v) is 22.0. The highest BCUT2D eigenvalue weighted by molar-refractivity contribution is 14.1. The number of thiocarbonyl (C=S) groups is 1. The first kappa shape index (κ1) is 25.3. The van der Waals surface area contributed by atoms with E-state index in [9.17, 15) is 9.59 Å². The molecule has 1 amide bonds. The fraction of sp³-hybridized carbons (Fsp3) is 0.261. The molecule has 0 spiro atoms. The van der Waals surface area contributed by atoms with Gasteiger partial charge in [-0.3, -0.25) is 9.69 Å². The van der Waals surface area contributed by atoms with Crippen LogP contribution >= 0.6 is 46.6 Å². The highest BCUT2D eigenvalue weighted by Gasteiger charge is 2.33. The predicted octanol–water partition coefficient (Wildman–Crippen LogP) is 5.05. The zero-order valence-electron chi connectivity index (χ0n) is 18.3. The quantitative estimate of drug-likeness (QED) is 0.172. The Labute approximate surface area is 215 Å². The summed E-state index contributed by atoms with van der Waals surface area (Å²) in [6, 6.07) is 10.8. The third-order valence-corrected chi connectivity index (χ3v) is 6.49. The maximum Gasteiger partial charge on any atom is 0.344 e. The van der Waals surface area contributed by atoms with Crippen LogP contribution in [0.1, 0.15) is 19.4 Å². The number of benzene rings is 2. The van der Waals surface area contributed by atoms with E-state index in [1.807, 2.05) is 25.1 Å². The molecule has 1 saturated heterocycles. The largest absolute Gasteiger partial charge is 0.494 e. The average Bonchev–Trinajstić information content (AvgIpc) is 3.06. The molecule has 1 fully saturated rings. The first-order chi connectivity index (χ1) is 15.9. The van der Waals surface area contributed by atoms with E-state index in [0.717, 1.165) is 14.9 Å². The van der Waals surface area contributed by atoms with Crippen LogP contribution in [-0.2, 0) is 14.3 Å². The predicted molar refractivity (Wildman–Crippen MR) is 141 cm³/mol. The molecule has 0 bridgehead atoms. The molecule has 0 N–H and O–H groups in total. The van der Waals surface area contributed by atoms with Gasteiger partial charge in [-0.25, -0.2) is 4.79 Å². The average molecular weight is 599 g/mol. The topological polar surface area (TPSA) is 74.3 Å². The van der Waals surface area contributed by atoms with Gasteiger partial charge >= 0.3 is 5.97 Å². The van der Waals surface area contributed by atoms with Crippen molar-refractivity contribution in [3.63, 3.8) is 0 Å². The Morgan fingerprint density at radius 2 is 1.88 bits per heavy atom. The molecule has 2 aromatic rings. The van der Waals surface area contributed by atoms with Crippen molar-refractivity contribution < 1.29 is 28.5 Å². The van der Waals surface area contributed by atoms with Gasteiger partial charge in [-0.2, -0.15) is 0 Å². The molecule has 10 heteroatoms. The molecule has 174 valence electrons. The van der Waals surface area contributed by atoms with Crippen LogP contribution in [0.2, 0.25) is 0 Å². The number of thioether (sulfide) groups is 1. The molecule has 7 nitrogen and oxygen atoms in total. The van der Waals surface area contributed by atoms with E-state index in [4.69, 9.17) is 31.2 Å². The molecule has 0 saturated carbocycles. The molecule has 2 aromatic carbocycles. The molecule has 0 atom stereocenters. The lowest BCUT2D eigenvalue weighted by Gasteiger charge is -2.15. The smallest absolute Gasteiger partial charge is 0.344 e. The van der Waals surface area contributed by atoms with E-state index in [1.54, 1.807) is 31.2 Å². The lowest BCUT2D eigenvalue weighted by atomic mass is 10.1. The highest BCUT2D eigenvalue weighted by Crippen LogP contribution is 2.39. The molecule has 1 aliphatic rings. The number of carbonyl (C=O) groups is 2. The first-order valence-electron chi connectivity index (χ1n) is 10.0. The maximum absolute atomic E-state index is 13.1. The number of hydrogen-bond donors (Lipinski definition) is 0. The Balaban J connectivity index is 1.82. The van der Waals surface area contributed by atoms with Crippen LogP contribution in [0, 0.1) is 3.57 Å². The minimum absolute atomic E-state index is 0.203. The van der Waals surface area contributed by atoms with Crippen molar-refractivity contribution in [1.29, 1.82) is 0 Å². The summed E-state index contributed by atoms with van der Waals surface area (Å²) in [4.78, 5) is 26.7. The number of esters is 1. The van der Waals surface area contributed by atoms with Crippen molar-refractivity contribution in [3.05, 3.63) is 50.4 Å². The van der Waals surface area contributed by atoms with Gasteiger partial charge in [0.2, 0.25) is 0 Å². The van der Waals surface area contributed by atoms with Crippen LogP contribution in [-0.4, -0.2) is 43.1 Å². The van der Waals surface area contributed by atoms with E-state index in [2.05, 4.69) is 22.6 Å². The number of hydrogen-bond acceptors (Lipinski definition) is 8. The lowest BCUT2D eigenvalue weighted by Crippen LogP contribution is -2.27. The molecule has 33 heavy (non-hydrogen) atoms. The molecular formula is C23H22INO6S2. The Morgan fingerprint density at radius 1 is 1.15 bits per heavy atom. The van der Waals surface area contributed by atoms with E-state index in [0.29, 0.717) is 33.0 Å². The second kappa shape index (κ2) is 11.7. The third kappa shape index (κ3) is 6.18. The second-order valence-electron chi connectivity index (χ2n) is 6.57. The van der Waals surface area contributed by atoms with Crippen LogP contribution in [0.3, 0.4) is 0 Å². The van der Waals surface area contributed by atoms with Crippen molar-refractivity contribution in [1.82, 2.24) is 0 Å². The number of amides is 1. The SMILES string of the molecule is CCOC(=O)COc1c(I)cc(C=C2SC(=S)N(c3ccc(OCC)cc3)C2=O)cc1OC. The standard InChI is InChI=1S/C23H22INO6S2/c1-4-29-16-8-6-15(7-9-16)25-22(27)19(33-23(25)32)12-14-10-17(24)21(18(11-14)28-3)31-13-20(26)30-5-2/h6-12H,4-5,13H2,1-3H3. The first-order valence-corrected chi connectivity index (χ1v) is 12.3. The fourth-order valence-corrected chi connectivity index (χ4v) is 5.08. The summed E-state index contributed by atoms with van der Waals surface area (Å²) in [5, 5.41) is 0. The number of carbonyl (C=O) groups excluding carboxylic acids is 2. The molecule has 0 radical (unpaired) electrons. The summed E-state index contributed by atoms with van der Waals surface area (Å²) in [5.41, 5.74) is 1.42. The Morgan fingerprint density at radius 3 is 2.52 bits per heavy atom. The van der Waals surface area contributed by atoms with Crippen molar-refractivity contribution >= 4 is 74.5 Å². The second-order valence-corrected chi connectivity index (χ2v) is 9.41. The van der Waals surface area contributed by atoms with Crippen molar-refractivity contribution in [2.24, 2.45) is 0 Å². The summed E-state index contributed by atoms with van der Waals surface area (Å²) in [6.07, 6.45) is 1.76. The Bertz CT molecular complexity index is 1090. The van der Waals surface area contributed by atoms with Crippen LogP contribution in [0.25, 0.3) is 6.08 Å². The van der Waals surface area contributed by atoms with E-state index >= 15 is 0 Å². The summed E-state index contributed by atoms with van der Waals surface area (Å²) >= 11 is 8.79. The summed E-state index contributed by atoms with van der Waals surface area (Å²) in [6.45, 7) is 4.27. The van der Waals surface area contributed by atoms with Crippen molar-refractivity contribution in [2.45, 2.75) is 13.8 Å². The Hall–Kier alpha value is -2.31. The van der Waals surface area contributed by atoms with Gasteiger partial charge in [0.05, 0.1) is 34.5 Å². The molecular weight excluding hydrogens is 577 g/mol. The zero-order chi connectivity index (χ0) is 24.0. The molecule has 3 rings (SSSR count). The van der Waals surface area contributed by atoms with Crippen LogP contribution in [0.15, 0.2) is 41.3 Å². The van der Waals surface area contributed by atoms with Gasteiger partial charge in [0.25, 0.3) is 5.91 Å². The maximum atomic E-state index is 13.1. The number of methoxy groups -OCH3 is 1. The minimum atomic E-state index is -0.461. The molecule has 0 aliphatic carbocycles. The number of rotatable bonds is 9. The molecule has 1 heterocycles. The van der Waals surface area contributed by atoms with Crippen LogP contribution in [0.5, 0.6) is 17.2 Å². The number of ether oxygens (including phenoxy) is 4. The van der Waals surface area contributed by atoms with Gasteiger partial charge in [-0.1, -0.05) is 24.0 Å². The summed E-state index contributed by atoms with van der Waals surface area (Å²) < 4.78 is 22.6. The van der Waals surface area contributed by atoms with Crippen LogP contribution in [0.4, 0.5) is 5.69 Å². The van der Waals surface area contributed by atoms with Gasteiger partial charge < -0.3 is 18.9 Å². The van der Waals surface area contributed by atoms with Gasteiger partial charge in [0.15, 0.2) is 22.4 Å². The van der Waals surface area contributed by atoms with Gasteiger partial charge in [0.1, 0.15) is 5.75 Å². The van der Waals surface area contributed by atoms with Gasteiger partial charge in [-0.15, -0.1) is 0 Å². The summed E-state index contributed by atoms with van der Waals surface area (Å²) in [7, 11) is 1.51. The van der Waals surface area contributed by atoms with Gasteiger partial charge in [0, 0.05) is 0 Å². The van der Waals surface area contributed by atoms with Gasteiger partial charge in [-0.05, 0) is 84.5 Å². The van der Waals surface area contributed by atoms with Crippen molar-refractivity contribution in [3.8, 4) is 17.2 Å². The highest BCUT2D eigenvalue weighted by atomic mass is 127. The normalized spacial score (nSPS) is 14.5. The third-order valence-electron chi connectivity index (χ3n) is 4.39. The molecule has 0 unspecified atom stereocenters. The summed E-state index contributed by atoms with van der Waals surface area (Å²) in [5.74, 6) is 0.946. The minimum Gasteiger partial charge on any atom is -0.494 e. The molecule has 1 aliphatic heterocycles. The van der Waals surface area contributed by atoms with E-state index < -0.39 is 5.97 Å². The van der Waals surface area contributed by atoms with E-state index in [1.165, 1.54) is 23.8 Å². The molecule has 0 aromatic heterocycles. The number of anilines is 1. The Kier molecular flexibility index (Phi) is 8.98. The fourth-order valence-electron chi connectivity index (χ4n) is 3.00. The van der Waals surface area contributed by atoms with E-state index in [-0.39, 0.29) is 19.1 Å². The lowest BCUT2D eigenvalue weighted by molar-refractivity contribution is -0.145. The number of halogens is 1. The number of nitrogens with zero attached hydrogens (tertiary/aromatic N) is 1. The van der Waals surface area contributed by atoms with Crippen molar-refractivity contribution in [2.75, 3.05) is 31.8 Å².